The Morgan fingerprint density at radius 2 is 1.94 bits per heavy atom. The van der Waals surface area contributed by atoms with Crippen LogP contribution in [0.4, 0.5) is 0 Å². The summed E-state index contributed by atoms with van der Waals surface area (Å²) in [6.45, 7) is 10.3. The van der Waals surface area contributed by atoms with Crippen molar-refractivity contribution in [1.29, 1.82) is 0 Å². The van der Waals surface area contributed by atoms with Crippen LogP contribution in [-0.2, 0) is 20.5 Å². The van der Waals surface area contributed by atoms with Crippen molar-refractivity contribution in [3.63, 3.8) is 0 Å². The van der Waals surface area contributed by atoms with Gasteiger partial charge in [-0.05, 0) is 99.8 Å². The van der Waals surface area contributed by atoms with Gasteiger partial charge in [0.05, 0.1) is 5.41 Å². The molecule has 0 saturated heterocycles. The number of hydrogen-bond acceptors (Lipinski definition) is 4. The second kappa shape index (κ2) is 8.70. The second-order valence-corrected chi connectivity index (χ2v) is 12.9. The van der Waals surface area contributed by atoms with Gasteiger partial charge in [-0.15, -0.1) is 0 Å². The van der Waals surface area contributed by atoms with E-state index in [-0.39, 0.29) is 23.2 Å². The average molecular weight is 479 g/mol. The summed E-state index contributed by atoms with van der Waals surface area (Å²) in [5.74, 6) is 2.15. The molecule has 4 rings (SSSR count). The summed E-state index contributed by atoms with van der Waals surface area (Å²) < 4.78 is 22.3. The zero-order valence-corrected chi connectivity index (χ0v) is 21.4. The van der Waals surface area contributed by atoms with Crippen LogP contribution in [0, 0.1) is 28.6 Å². The Balaban J connectivity index is 1.63. The molecule has 0 bridgehead atoms. The Morgan fingerprint density at radius 3 is 2.58 bits per heavy atom. The lowest BCUT2D eigenvalue weighted by molar-refractivity contribution is -0.167. The van der Waals surface area contributed by atoms with Gasteiger partial charge in [0.25, 0.3) is 0 Å². The molecule has 7 heteroatoms. The van der Waals surface area contributed by atoms with E-state index in [1.54, 1.807) is 6.07 Å². The maximum Gasteiger partial charge on any atom is 0.524 e. The molecule has 0 unspecified atom stereocenters. The van der Waals surface area contributed by atoms with Gasteiger partial charge in [0, 0.05) is 5.41 Å². The summed E-state index contributed by atoms with van der Waals surface area (Å²) in [5.41, 5.74) is 1.99. The van der Waals surface area contributed by atoms with E-state index in [2.05, 4.69) is 13.8 Å². The normalized spacial score (nSPS) is 33.6. The number of phosphoric acid groups is 1. The fourth-order valence-corrected chi connectivity index (χ4v) is 7.45. The van der Waals surface area contributed by atoms with Gasteiger partial charge in [-0.25, -0.2) is 4.57 Å². The van der Waals surface area contributed by atoms with Crippen LogP contribution in [0.15, 0.2) is 18.2 Å². The molecular formula is C26H39O6P. The second-order valence-electron chi connectivity index (χ2n) is 11.8. The summed E-state index contributed by atoms with van der Waals surface area (Å²) >= 11 is 0. The van der Waals surface area contributed by atoms with Crippen LogP contribution in [0.1, 0.15) is 90.2 Å². The smallest absolute Gasteiger partial charge is 0.461 e. The monoisotopic (exact) mass is 478 g/mol. The minimum atomic E-state index is -4.58. The summed E-state index contributed by atoms with van der Waals surface area (Å²) in [6, 6.07) is 5.56. The van der Waals surface area contributed by atoms with E-state index < -0.39 is 13.2 Å². The van der Waals surface area contributed by atoms with Crippen molar-refractivity contribution in [1.82, 2.24) is 0 Å². The van der Waals surface area contributed by atoms with Crippen molar-refractivity contribution < 1.29 is 28.4 Å². The van der Waals surface area contributed by atoms with Crippen molar-refractivity contribution in [2.75, 3.05) is 0 Å². The Labute approximate surface area is 197 Å². The van der Waals surface area contributed by atoms with Crippen LogP contribution in [0.3, 0.4) is 0 Å². The molecule has 0 heterocycles. The van der Waals surface area contributed by atoms with Crippen molar-refractivity contribution in [2.45, 2.75) is 91.6 Å². The first-order valence-corrected chi connectivity index (χ1v) is 14.0. The van der Waals surface area contributed by atoms with Gasteiger partial charge >= 0.3 is 13.8 Å². The molecule has 6 atom stereocenters. The van der Waals surface area contributed by atoms with Gasteiger partial charge in [-0.2, -0.15) is 0 Å². The molecule has 2 N–H and O–H groups in total. The molecule has 1 aromatic carbocycles. The molecule has 3 aliphatic rings. The first kappa shape index (κ1) is 24.8. The zero-order valence-electron chi connectivity index (χ0n) is 20.5. The Morgan fingerprint density at radius 1 is 1.21 bits per heavy atom. The standard InChI is InChI=1S/C26H39O6P/c1-6-7-16-14-17-15-18(32-33(28,29)30)8-9-19(17)20-12-13-26(5)21(23(16)20)10-11-22(26)31-24(27)25(2,3)4/h8-9,15-16,20-23H,6-7,10-14H2,1-5H3,(H2,28,29,30)/t16-,20-,21+,22+,23-,26+/m1/s1. The molecular weight excluding hydrogens is 439 g/mol. The fourth-order valence-electron chi connectivity index (χ4n) is 7.07. The predicted octanol–water partition coefficient (Wildman–Crippen LogP) is 6.00. The molecule has 184 valence electrons. The Bertz CT molecular complexity index is 947. The summed E-state index contributed by atoms with van der Waals surface area (Å²) in [4.78, 5) is 31.1. The van der Waals surface area contributed by atoms with Crippen LogP contribution in [0.5, 0.6) is 5.75 Å². The number of hydrogen-bond donors (Lipinski definition) is 2. The molecule has 2 saturated carbocycles. The summed E-state index contributed by atoms with van der Waals surface area (Å²) in [7, 11) is -4.58. The highest BCUT2D eigenvalue weighted by molar-refractivity contribution is 7.46. The van der Waals surface area contributed by atoms with Gasteiger partial charge in [-0.3, -0.25) is 14.6 Å². The van der Waals surface area contributed by atoms with Crippen LogP contribution < -0.4 is 4.52 Å². The van der Waals surface area contributed by atoms with Gasteiger partial charge in [0.2, 0.25) is 0 Å². The quantitative estimate of drug-likeness (QED) is 0.398. The highest BCUT2D eigenvalue weighted by Crippen LogP contribution is 2.63. The fraction of sp³-hybridized carbons (Fsp3) is 0.731. The van der Waals surface area contributed by atoms with E-state index in [0.29, 0.717) is 23.7 Å². The number of benzene rings is 1. The lowest BCUT2D eigenvalue weighted by atomic mass is 9.52. The minimum Gasteiger partial charge on any atom is -0.461 e. The SMILES string of the molecule is CCC[C@@H]1Cc2cc(OP(=O)(O)O)ccc2[C@H]2CC[C@]3(C)[C@@H](OC(=O)C(C)(C)C)CC[C@H]3[C@H]12. The molecule has 33 heavy (non-hydrogen) atoms. The Kier molecular flexibility index (Phi) is 6.52. The minimum absolute atomic E-state index is 0.00897. The van der Waals surface area contributed by atoms with Crippen molar-refractivity contribution >= 4 is 13.8 Å². The molecule has 0 amide bonds. The molecule has 1 aromatic rings. The van der Waals surface area contributed by atoms with Gasteiger partial charge in [-0.1, -0.05) is 32.8 Å². The number of carbonyl (C=O) groups is 1. The highest BCUT2D eigenvalue weighted by Gasteiger charge is 2.58. The number of ether oxygens (including phenoxy) is 1. The van der Waals surface area contributed by atoms with Crippen LogP contribution >= 0.6 is 7.82 Å². The number of carbonyl (C=O) groups excluding carboxylic acids is 1. The molecule has 0 aliphatic heterocycles. The van der Waals surface area contributed by atoms with Crippen LogP contribution in [0.2, 0.25) is 0 Å². The number of rotatable bonds is 5. The molecule has 0 aromatic heterocycles. The molecule has 3 aliphatic carbocycles. The average Bonchev–Trinajstić information content (AvgIpc) is 3.02. The third kappa shape index (κ3) is 4.76. The maximum absolute atomic E-state index is 12.7. The topological polar surface area (TPSA) is 93.1 Å². The highest BCUT2D eigenvalue weighted by atomic mass is 31.2. The third-order valence-electron chi connectivity index (χ3n) is 8.53. The van der Waals surface area contributed by atoms with Crippen molar-refractivity contribution in [2.24, 2.45) is 28.6 Å². The molecule has 0 spiro atoms. The van der Waals surface area contributed by atoms with Crippen LogP contribution in [-0.4, -0.2) is 21.9 Å². The molecule has 6 nitrogen and oxygen atoms in total. The van der Waals surface area contributed by atoms with Gasteiger partial charge in [0.1, 0.15) is 11.9 Å². The lowest BCUT2D eigenvalue weighted by Gasteiger charge is -2.53. The Hall–Kier alpha value is -1.36. The maximum atomic E-state index is 12.7. The summed E-state index contributed by atoms with van der Waals surface area (Å²) in [5, 5.41) is 0. The van der Waals surface area contributed by atoms with E-state index in [1.807, 2.05) is 32.9 Å². The lowest BCUT2D eigenvalue weighted by Crippen LogP contribution is -2.48. The first-order chi connectivity index (χ1) is 15.3. The molecule has 0 radical (unpaired) electrons. The van der Waals surface area contributed by atoms with E-state index in [1.165, 1.54) is 5.56 Å². The summed E-state index contributed by atoms with van der Waals surface area (Å²) in [6.07, 6.45) is 7.23. The van der Waals surface area contributed by atoms with E-state index in [9.17, 15) is 19.1 Å². The predicted molar refractivity (Wildman–Crippen MR) is 127 cm³/mol. The van der Waals surface area contributed by atoms with Crippen LogP contribution in [0.25, 0.3) is 0 Å². The zero-order chi connectivity index (χ0) is 24.2. The number of fused-ring (bicyclic) bond motifs is 5. The van der Waals surface area contributed by atoms with Gasteiger partial charge < -0.3 is 9.26 Å². The largest absolute Gasteiger partial charge is 0.524 e. The number of phosphoric ester groups is 1. The van der Waals surface area contributed by atoms with E-state index in [0.717, 1.165) is 50.5 Å². The molecule has 2 fully saturated rings. The van der Waals surface area contributed by atoms with E-state index in [4.69, 9.17) is 9.26 Å². The van der Waals surface area contributed by atoms with Gasteiger partial charge in [0.15, 0.2) is 0 Å². The first-order valence-electron chi connectivity index (χ1n) is 12.4. The number of esters is 1. The van der Waals surface area contributed by atoms with E-state index >= 15 is 0 Å². The van der Waals surface area contributed by atoms with Crippen molar-refractivity contribution in [3.05, 3.63) is 29.3 Å². The third-order valence-corrected chi connectivity index (χ3v) is 8.98. The van der Waals surface area contributed by atoms with Crippen molar-refractivity contribution in [3.8, 4) is 5.75 Å².